The van der Waals surface area contributed by atoms with Crippen LogP contribution < -0.4 is 10.1 Å². The zero-order valence-electron chi connectivity index (χ0n) is 13.0. The predicted octanol–water partition coefficient (Wildman–Crippen LogP) is 2.18. The lowest BCUT2D eigenvalue weighted by Crippen LogP contribution is -2.20. The van der Waals surface area contributed by atoms with E-state index in [1.54, 1.807) is 30.3 Å². The van der Waals surface area contributed by atoms with Crippen LogP contribution in [0, 0.1) is 13.8 Å². The molecule has 0 aliphatic rings. The van der Waals surface area contributed by atoms with Gasteiger partial charge < -0.3 is 10.1 Å². The average Bonchev–Trinajstić information content (AvgIpc) is 2.72. The molecule has 0 spiro atoms. The molecule has 1 amide bonds. The second kappa shape index (κ2) is 5.95. The van der Waals surface area contributed by atoms with E-state index < -0.39 is 0 Å². The third kappa shape index (κ3) is 2.89. The molecule has 0 fully saturated rings. The number of hydrogen-bond acceptors (Lipinski definition) is 4. The van der Waals surface area contributed by atoms with Gasteiger partial charge in [0.2, 0.25) is 5.91 Å². The van der Waals surface area contributed by atoms with E-state index in [4.69, 9.17) is 4.74 Å². The zero-order chi connectivity index (χ0) is 15.6. The number of anilines is 1. The van der Waals surface area contributed by atoms with Crippen molar-refractivity contribution in [3.05, 3.63) is 35.4 Å². The van der Waals surface area contributed by atoms with Crippen molar-refractivity contribution in [1.29, 1.82) is 0 Å². The third-order valence-corrected chi connectivity index (χ3v) is 3.65. The Kier molecular flexibility index (Phi) is 4.26. The monoisotopic (exact) mass is 288 g/mol. The second-order valence-corrected chi connectivity index (χ2v) is 4.99. The number of aryl methyl sites for hydroxylation is 2. The summed E-state index contributed by atoms with van der Waals surface area (Å²) in [6.45, 7) is 5.75. The Morgan fingerprint density at radius 3 is 2.71 bits per heavy atom. The van der Waals surface area contributed by atoms with Crippen LogP contribution in [-0.4, -0.2) is 27.8 Å². The predicted molar refractivity (Wildman–Crippen MR) is 80.5 cm³/mol. The molecule has 0 aromatic carbocycles. The van der Waals surface area contributed by atoms with Gasteiger partial charge in [-0.05, 0) is 20.8 Å². The van der Waals surface area contributed by atoms with Gasteiger partial charge >= 0.3 is 0 Å². The number of amides is 1. The van der Waals surface area contributed by atoms with Crippen LogP contribution in [0.1, 0.15) is 29.8 Å². The minimum Gasteiger partial charge on any atom is -0.494 e. The summed E-state index contributed by atoms with van der Waals surface area (Å²) in [6.07, 6.45) is 3.19. The number of pyridine rings is 1. The van der Waals surface area contributed by atoms with Crippen LogP contribution in [0.15, 0.2) is 18.5 Å². The quantitative estimate of drug-likeness (QED) is 0.936. The molecule has 2 aromatic rings. The molecule has 0 saturated carbocycles. The second-order valence-electron chi connectivity index (χ2n) is 4.99. The highest BCUT2D eigenvalue weighted by Crippen LogP contribution is 2.27. The van der Waals surface area contributed by atoms with E-state index in [1.807, 2.05) is 27.8 Å². The highest BCUT2D eigenvalue weighted by molar-refractivity contribution is 5.96. The van der Waals surface area contributed by atoms with Crippen LogP contribution in [0.25, 0.3) is 0 Å². The summed E-state index contributed by atoms with van der Waals surface area (Å²) in [5.74, 6) is 0.175. The topological polar surface area (TPSA) is 69.0 Å². The van der Waals surface area contributed by atoms with Crippen molar-refractivity contribution >= 4 is 11.6 Å². The van der Waals surface area contributed by atoms with Gasteiger partial charge in [-0.3, -0.25) is 14.5 Å². The highest BCUT2D eigenvalue weighted by atomic mass is 16.5. The number of carbonyl (C=O) groups is 1. The summed E-state index contributed by atoms with van der Waals surface area (Å²) in [5.41, 5.74) is 3.39. The third-order valence-electron chi connectivity index (χ3n) is 3.65. The minimum absolute atomic E-state index is 0.111. The summed E-state index contributed by atoms with van der Waals surface area (Å²) in [4.78, 5) is 16.5. The van der Waals surface area contributed by atoms with Crippen LogP contribution in [-0.2, 0) is 11.8 Å². The lowest BCUT2D eigenvalue weighted by Gasteiger charge is -2.14. The van der Waals surface area contributed by atoms with Crippen molar-refractivity contribution in [1.82, 2.24) is 14.8 Å². The summed E-state index contributed by atoms with van der Waals surface area (Å²) in [7, 11) is 3.43. The molecule has 6 heteroatoms. The first kappa shape index (κ1) is 15.0. The van der Waals surface area contributed by atoms with Crippen LogP contribution in [0.5, 0.6) is 5.75 Å². The maximum absolute atomic E-state index is 12.5. The Hall–Kier alpha value is -2.37. The van der Waals surface area contributed by atoms with Gasteiger partial charge in [-0.15, -0.1) is 0 Å². The molecule has 6 nitrogen and oxygen atoms in total. The lowest BCUT2D eigenvalue weighted by atomic mass is 9.98. The van der Waals surface area contributed by atoms with Crippen molar-refractivity contribution in [2.75, 3.05) is 12.4 Å². The highest BCUT2D eigenvalue weighted by Gasteiger charge is 2.23. The van der Waals surface area contributed by atoms with E-state index in [1.165, 1.54) is 0 Å². The molecule has 0 saturated heterocycles. The summed E-state index contributed by atoms with van der Waals surface area (Å²) in [5, 5.41) is 7.21. The fourth-order valence-electron chi connectivity index (χ4n) is 2.44. The summed E-state index contributed by atoms with van der Waals surface area (Å²) in [6, 6.07) is 1.71. The Balaban J connectivity index is 2.24. The summed E-state index contributed by atoms with van der Waals surface area (Å²) >= 11 is 0. The van der Waals surface area contributed by atoms with Gasteiger partial charge in [0.15, 0.2) is 0 Å². The molecule has 0 aliphatic heterocycles. The Morgan fingerprint density at radius 1 is 1.43 bits per heavy atom. The average molecular weight is 288 g/mol. The van der Waals surface area contributed by atoms with Crippen LogP contribution >= 0.6 is 0 Å². The maximum Gasteiger partial charge on any atom is 0.231 e. The van der Waals surface area contributed by atoms with E-state index >= 15 is 0 Å². The first-order chi connectivity index (χ1) is 9.95. The van der Waals surface area contributed by atoms with Crippen LogP contribution in [0.2, 0.25) is 0 Å². The van der Waals surface area contributed by atoms with E-state index in [0.717, 1.165) is 17.0 Å². The van der Waals surface area contributed by atoms with Crippen molar-refractivity contribution in [2.24, 2.45) is 7.05 Å². The SMILES string of the molecule is COc1ccncc1NC(=O)C(C)c1c(C)nn(C)c1C. The number of ether oxygens (including phenoxy) is 1. The zero-order valence-corrected chi connectivity index (χ0v) is 13.0. The van der Waals surface area contributed by atoms with E-state index in [9.17, 15) is 4.79 Å². The van der Waals surface area contributed by atoms with Crippen LogP contribution in [0.3, 0.4) is 0 Å². The van der Waals surface area contributed by atoms with E-state index in [2.05, 4.69) is 15.4 Å². The van der Waals surface area contributed by atoms with Gasteiger partial charge in [0, 0.05) is 30.6 Å². The molecule has 2 heterocycles. The number of nitrogens with one attached hydrogen (secondary N) is 1. The van der Waals surface area contributed by atoms with Gasteiger partial charge in [-0.25, -0.2) is 0 Å². The standard InChI is InChI=1S/C15H20N4O2/c1-9(14-10(2)18-19(4)11(14)3)15(20)17-12-8-16-7-6-13(12)21-5/h6-9H,1-5H3,(H,17,20). The minimum atomic E-state index is -0.302. The number of aromatic nitrogens is 3. The fourth-order valence-corrected chi connectivity index (χ4v) is 2.44. The largest absolute Gasteiger partial charge is 0.494 e. The molecule has 1 atom stereocenters. The lowest BCUT2D eigenvalue weighted by molar-refractivity contribution is -0.117. The molecule has 0 bridgehead atoms. The van der Waals surface area contributed by atoms with Gasteiger partial charge in [0.1, 0.15) is 11.4 Å². The smallest absolute Gasteiger partial charge is 0.231 e. The van der Waals surface area contributed by atoms with E-state index in [0.29, 0.717) is 11.4 Å². The Bertz CT molecular complexity index is 664. The van der Waals surface area contributed by atoms with E-state index in [-0.39, 0.29) is 11.8 Å². The molecule has 0 aliphatic carbocycles. The molecular weight excluding hydrogens is 268 g/mol. The molecule has 1 N–H and O–H groups in total. The number of hydrogen-bond donors (Lipinski definition) is 1. The molecule has 2 aromatic heterocycles. The molecule has 2 rings (SSSR count). The van der Waals surface area contributed by atoms with Gasteiger partial charge in [0.25, 0.3) is 0 Å². The van der Waals surface area contributed by atoms with Crippen molar-refractivity contribution < 1.29 is 9.53 Å². The van der Waals surface area contributed by atoms with Crippen molar-refractivity contribution in [3.63, 3.8) is 0 Å². The van der Waals surface area contributed by atoms with Gasteiger partial charge in [-0.2, -0.15) is 5.10 Å². The van der Waals surface area contributed by atoms with Gasteiger partial charge in [-0.1, -0.05) is 0 Å². The number of carbonyl (C=O) groups excluding carboxylic acids is 1. The normalized spacial score (nSPS) is 12.0. The van der Waals surface area contributed by atoms with Gasteiger partial charge in [0.05, 0.1) is 24.9 Å². The number of rotatable bonds is 4. The summed E-state index contributed by atoms with van der Waals surface area (Å²) < 4.78 is 7.00. The number of nitrogens with zero attached hydrogens (tertiary/aromatic N) is 3. The van der Waals surface area contributed by atoms with Crippen LogP contribution in [0.4, 0.5) is 5.69 Å². The fraction of sp³-hybridized carbons (Fsp3) is 0.400. The number of methoxy groups -OCH3 is 1. The van der Waals surface area contributed by atoms with Crippen molar-refractivity contribution in [2.45, 2.75) is 26.7 Å². The molecule has 21 heavy (non-hydrogen) atoms. The first-order valence-electron chi connectivity index (χ1n) is 6.74. The first-order valence-corrected chi connectivity index (χ1v) is 6.74. The molecule has 112 valence electrons. The maximum atomic E-state index is 12.5. The molecular formula is C15H20N4O2. The molecule has 0 radical (unpaired) electrons. The molecule has 1 unspecified atom stereocenters. The van der Waals surface area contributed by atoms with Crippen molar-refractivity contribution in [3.8, 4) is 5.75 Å². The Labute approximate surface area is 124 Å². The Morgan fingerprint density at radius 2 is 2.14 bits per heavy atom.